The second-order valence-corrected chi connectivity index (χ2v) is 7.04. The van der Waals surface area contributed by atoms with Crippen LogP contribution in [0.3, 0.4) is 0 Å². The lowest BCUT2D eigenvalue weighted by Gasteiger charge is -2.12. The summed E-state index contributed by atoms with van der Waals surface area (Å²) in [7, 11) is 1.92. The summed E-state index contributed by atoms with van der Waals surface area (Å²) in [6.45, 7) is 4.22. The molecule has 114 valence electrons. The first kappa shape index (κ1) is 16.6. The molecule has 0 radical (unpaired) electrons. The maximum atomic E-state index is 10.5. The van der Waals surface area contributed by atoms with Gasteiger partial charge in [0, 0.05) is 18.4 Å². The van der Waals surface area contributed by atoms with Gasteiger partial charge in [0.1, 0.15) is 0 Å². The van der Waals surface area contributed by atoms with Crippen molar-refractivity contribution in [1.82, 2.24) is 9.78 Å². The summed E-state index contributed by atoms with van der Waals surface area (Å²) in [5.41, 5.74) is 3.02. The number of thioether (sulfide) groups is 1. The molecule has 5 heteroatoms. The second-order valence-electron chi connectivity index (χ2n) is 4.91. The average molecular weight is 369 g/mol. The molecule has 0 fully saturated rings. The summed E-state index contributed by atoms with van der Waals surface area (Å²) >= 11 is 5.41. The molecule has 2 rings (SSSR count). The van der Waals surface area contributed by atoms with Crippen molar-refractivity contribution in [2.75, 3.05) is 5.75 Å². The van der Waals surface area contributed by atoms with Gasteiger partial charge in [-0.25, -0.2) is 0 Å². The van der Waals surface area contributed by atoms with Crippen molar-refractivity contribution in [2.24, 2.45) is 7.05 Å². The number of hydrogen-bond acceptors (Lipinski definition) is 3. The number of rotatable bonds is 6. The van der Waals surface area contributed by atoms with Crippen LogP contribution in [0.5, 0.6) is 0 Å². The normalized spacial score (nSPS) is 12.6. The molecule has 0 amide bonds. The fourth-order valence-electron chi connectivity index (χ4n) is 2.30. The van der Waals surface area contributed by atoms with Crippen molar-refractivity contribution < 1.29 is 5.11 Å². The molecule has 0 bridgehead atoms. The van der Waals surface area contributed by atoms with E-state index in [2.05, 4.69) is 47.0 Å². The van der Waals surface area contributed by atoms with Crippen molar-refractivity contribution >= 4 is 27.7 Å². The van der Waals surface area contributed by atoms with Crippen LogP contribution < -0.4 is 0 Å². The highest BCUT2D eigenvalue weighted by Crippen LogP contribution is 2.27. The third kappa shape index (κ3) is 3.90. The molecule has 2 aromatic rings. The van der Waals surface area contributed by atoms with Gasteiger partial charge in [-0.2, -0.15) is 5.10 Å². The second kappa shape index (κ2) is 7.47. The fourth-order valence-corrected chi connectivity index (χ4v) is 3.74. The number of aryl methyl sites for hydroxylation is 2. The van der Waals surface area contributed by atoms with Crippen LogP contribution in [0.1, 0.15) is 36.9 Å². The van der Waals surface area contributed by atoms with Crippen LogP contribution in [0.15, 0.2) is 33.6 Å². The number of nitrogens with zero attached hydrogens (tertiary/aromatic N) is 2. The highest BCUT2D eigenvalue weighted by Gasteiger charge is 2.17. The van der Waals surface area contributed by atoms with Crippen LogP contribution in [-0.4, -0.2) is 20.6 Å². The van der Waals surface area contributed by atoms with Gasteiger partial charge in [-0.1, -0.05) is 26.0 Å². The molecule has 1 aromatic heterocycles. The van der Waals surface area contributed by atoms with Crippen molar-refractivity contribution in [3.8, 4) is 0 Å². The first-order chi connectivity index (χ1) is 10.1. The molecule has 1 unspecified atom stereocenters. The van der Waals surface area contributed by atoms with Crippen LogP contribution in [0.25, 0.3) is 0 Å². The van der Waals surface area contributed by atoms with Crippen LogP contribution in [0, 0.1) is 0 Å². The summed E-state index contributed by atoms with van der Waals surface area (Å²) in [5.74, 6) is 1.06. The van der Waals surface area contributed by atoms with E-state index >= 15 is 0 Å². The Hall–Kier alpha value is -0.780. The van der Waals surface area contributed by atoms with E-state index in [9.17, 15) is 5.11 Å². The van der Waals surface area contributed by atoms with Gasteiger partial charge < -0.3 is 5.11 Å². The standard InChI is InChI=1S/C16H21BrN2OS/c1-4-13-16(17)14(19(3)18-13)10-15(20)11-6-8-12(9-7-11)21-5-2/h6-9,15,20H,4-5,10H2,1-3H3. The van der Waals surface area contributed by atoms with Crippen molar-refractivity contribution in [2.45, 2.75) is 37.7 Å². The largest absolute Gasteiger partial charge is 0.388 e. The summed E-state index contributed by atoms with van der Waals surface area (Å²) in [4.78, 5) is 1.24. The molecule has 21 heavy (non-hydrogen) atoms. The monoisotopic (exact) mass is 368 g/mol. The Labute approximate surface area is 138 Å². The Morgan fingerprint density at radius 2 is 1.95 bits per heavy atom. The lowest BCUT2D eigenvalue weighted by atomic mass is 10.0. The van der Waals surface area contributed by atoms with Crippen LogP contribution in [0.2, 0.25) is 0 Å². The maximum Gasteiger partial charge on any atom is 0.0845 e. The van der Waals surface area contributed by atoms with E-state index in [0.717, 1.165) is 33.6 Å². The average Bonchev–Trinajstić information content (AvgIpc) is 2.75. The quantitative estimate of drug-likeness (QED) is 0.778. The molecule has 0 aliphatic heterocycles. The van der Waals surface area contributed by atoms with E-state index in [-0.39, 0.29) is 0 Å². The van der Waals surface area contributed by atoms with E-state index in [1.807, 2.05) is 35.6 Å². The summed E-state index contributed by atoms with van der Waals surface area (Å²) in [6, 6.07) is 8.16. The maximum absolute atomic E-state index is 10.5. The molecule has 0 aliphatic carbocycles. The molecule has 0 aliphatic rings. The minimum atomic E-state index is -0.512. The summed E-state index contributed by atoms with van der Waals surface area (Å²) in [6.07, 6.45) is 0.930. The zero-order chi connectivity index (χ0) is 15.4. The molecule has 1 N–H and O–H groups in total. The van der Waals surface area contributed by atoms with Gasteiger partial charge in [-0.3, -0.25) is 4.68 Å². The minimum absolute atomic E-state index is 0.512. The molecule has 0 spiro atoms. The number of benzene rings is 1. The highest BCUT2D eigenvalue weighted by atomic mass is 79.9. The number of aliphatic hydroxyl groups is 1. The number of aliphatic hydroxyl groups excluding tert-OH is 1. The number of hydrogen-bond donors (Lipinski definition) is 1. The SMILES string of the molecule is CCSc1ccc(C(O)Cc2c(Br)c(CC)nn2C)cc1. The third-order valence-corrected chi connectivity index (χ3v) is 5.28. The summed E-state index contributed by atoms with van der Waals surface area (Å²) in [5, 5.41) is 14.9. The van der Waals surface area contributed by atoms with Gasteiger partial charge in [0.2, 0.25) is 0 Å². The van der Waals surface area contributed by atoms with Crippen LogP contribution in [-0.2, 0) is 19.9 Å². The Morgan fingerprint density at radius 3 is 2.48 bits per heavy atom. The first-order valence-electron chi connectivity index (χ1n) is 7.17. The van der Waals surface area contributed by atoms with E-state index in [1.165, 1.54) is 4.90 Å². The number of halogens is 1. The van der Waals surface area contributed by atoms with Gasteiger partial charge >= 0.3 is 0 Å². The Balaban J connectivity index is 2.14. The predicted molar refractivity (Wildman–Crippen MR) is 91.8 cm³/mol. The van der Waals surface area contributed by atoms with Gasteiger partial charge in [0.05, 0.1) is 22.0 Å². The molecule has 3 nitrogen and oxygen atoms in total. The molecule has 1 atom stereocenters. The molecule has 0 saturated carbocycles. The Bertz CT molecular complexity index is 595. The topological polar surface area (TPSA) is 38.1 Å². The predicted octanol–water partition coefficient (Wildman–Crippen LogP) is 4.13. The van der Waals surface area contributed by atoms with Crippen LogP contribution in [0.4, 0.5) is 0 Å². The van der Waals surface area contributed by atoms with Crippen molar-refractivity contribution in [3.63, 3.8) is 0 Å². The van der Waals surface area contributed by atoms with E-state index < -0.39 is 6.10 Å². The lowest BCUT2D eigenvalue weighted by Crippen LogP contribution is -2.07. The molecule has 1 aromatic carbocycles. The van der Waals surface area contributed by atoms with Gasteiger partial charge in [0.25, 0.3) is 0 Å². The smallest absolute Gasteiger partial charge is 0.0845 e. The highest BCUT2D eigenvalue weighted by molar-refractivity contribution is 9.10. The van der Waals surface area contributed by atoms with Gasteiger partial charge in [0.15, 0.2) is 0 Å². The third-order valence-electron chi connectivity index (χ3n) is 3.47. The van der Waals surface area contributed by atoms with E-state index in [4.69, 9.17) is 0 Å². The Kier molecular flexibility index (Phi) is 5.90. The van der Waals surface area contributed by atoms with Crippen molar-refractivity contribution in [1.29, 1.82) is 0 Å². The zero-order valence-electron chi connectivity index (χ0n) is 12.6. The Morgan fingerprint density at radius 1 is 1.29 bits per heavy atom. The van der Waals surface area contributed by atoms with E-state index in [1.54, 1.807) is 0 Å². The van der Waals surface area contributed by atoms with Gasteiger partial charge in [-0.05, 0) is 45.8 Å². The lowest BCUT2D eigenvalue weighted by molar-refractivity contribution is 0.175. The molecule has 1 heterocycles. The zero-order valence-corrected chi connectivity index (χ0v) is 15.0. The molecule has 0 saturated heterocycles. The van der Waals surface area contributed by atoms with Gasteiger partial charge in [-0.15, -0.1) is 11.8 Å². The first-order valence-corrected chi connectivity index (χ1v) is 8.95. The number of aromatic nitrogens is 2. The fraction of sp³-hybridized carbons (Fsp3) is 0.438. The van der Waals surface area contributed by atoms with Crippen LogP contribution >= 0.6 is 27.7 Å². The molecular weight excluding hydrogens is 348 g/mol. The molecular formula is C16H21BrN2OS. The van der Waals surface area contributed by atoms with E-state index in [0.29, 0.717) is 6.42 Å². The minimum Gasteiger partial charge on any atom is -0.388 e. The van der Waals surface area contributed by atoms with Crippen molar-refractivity contribution in [3.05, 3.63) is 45.7 Å². The summed E-state index contributed by atoms with van der Waals surface area (Å²) < 4.78 is 2.87.